The van der Waals surface area contributed by atoms with Gasteiger partial charge in [-0.2, -0.15) is 5.26 Å². The lowest BCUT2D eigenvalue weighted by Crippen LogP contribution is -2.40. The highest BCUT2D eigenvalue weighted by molar-refractivity contribution is 6.35. The van der Waals surface area contributed by atoms with Gasteiger partial charge in [0.05, 0.1) is 28.2 Å². The van der Waals surface area contributed by atoms with E-state index in [2.05, 4.69) is 21.0 Å². The van der Waals surface area contributed by atoms with Crippen LogP contribution in [0.25, 0.3) is 11.0 Å². The summed E-state index contributed by atoms with van der Waals surface area (Å²) in [6.45, 7) is 2.27. The molecule has 1 atom stereocenters. The van der Waals surface area contributed by atoms with Gasteiger partial charge in [-0.1, -0.05) is 11.6 Å². The van der Waals surface area contributed by atoms with Crippen LogP contribution in [-0.4, -0.2) is 32.3 Å². The van der Waals surface area contributed by atoms with Crippen LogP contribution >= 0.6 is 11.6 Å². The lowest BCUT2D eigenvalue weighted by molar-refractivity contribution is 0.0664. The molecule has 1 aliphatic heterocycles. The maximum Gasteiger partial charge on any atom is 0.290 e. The summed E-state index contributed by atoms with van der Waals surface area (Å²) < 4.78 is 13.9. The minimum absolute atomic E-state index is 0.0182. The average molecular weight is 370 g/mol. The van der Waals surface area contributed by atoms with Gasteiger partial charge in [0.15, 0.2) is 11.6 Å². The third kappa shape index (κ3) is 2.42. The second-order valence-corrected chi connectivity index (χ2v) is 6.50. The normalized spacial score (nSPS) is 16.4. The van der Waals surface area contributed by atoms with E-state index in [-0.39, 0.29) is 23.3 Å². The second kappa shape index (κ2) is 6.07. The number of halogens is 2. The molecule has 130 valence electrons. The monoisotopic (exact) mass is 369 g/mol. The largest absolute Gasteiger partial charge is 0.333 e. The van der Waals surface area contributed by atoms with Gasteiger partial charge in [0.1, 0.15) is 5.52 Å². The van der Waals surface area contributed by atoms with Crippen LogP contribution in [0.4, 0.5) is 4.39 Å². The molecular weight excluding hydrogens is 357 g/mol. The third-order valence-electron chi connectivity index (χ3n) is 4.68. The average Bonchev–Trinajstić information content (AvgIpc) is 3.11. The number of benzene rings is 1. The molecule has 0 fully saturated rings. The maximum atomic E-state index is 13.9. The van der Waals surface area contributed by atoms with Crippen LogP contribution in [0.15, 0.2) is 24.4 Å². The number of amides is 1. The molecule has 0 aliphatic carbocycles. The first-order chi connectivity index (χ1) is 12.5. The number of rotatable bonds is 1. The molecule has 4 rings (SSSR count). The van der Waals surface area contributed by atoms with E-state index in [4.69, 9.17) is 11.6 Å². The van der Waals surface area contributed by atoms with Gasteiger partial charge >= 0.3 is 0 Å². The van der Waals surface area contributed by atoms with Crippen LogP contribution in [-0.2, 0) is 6.42 Å². The van der Waals surface area contributed by atoms with Crippen molar-refractivity contribution in [3.8, 4) is 6.07 Å². The van der Waals surface area contributed by atoms with Gasteiger partial charge in [0.25, 0.3) is 5.91 Å². The summed E-state index contributed by atoms with van der Waals surface area (Å²) >= 11 is 6.06. The molecule has 3 aromatic rings. The van der Waals surface area contributed by atoms with Crippen molar-refractivity contribution in [1.29, 1.82) is 5.26 Å². The van der Waals surface area contributed by atoms with Crippen LogP contribution < -0.4 is 0 Å². The quantitative estimate of drug-likeness (QED) is 0.712. The van der Waals surface area contributed by atoms with Gasteiger partial charge in [0.2, 0.25) is 0 Å². The maximum absolute atomic E-state index is 13.9. The molecule has 1 N–H and O–H groups in total. The summed E-state index contributed by atoms with van der Waals surface area (Å²) in [4.78, 5) is 25.8. The lowest BCUT2D eigenvalue weighted by atomic mass is 9.94. The number of carbonyl (C=O) groups excluding carboxylic acids is 1. The van der Waals surface area contributed by atoms with Gasteiger partial charge in [-0.3, -0.25) is 9.78 Å². The van der Waals surface area contributed by atoms with Crippen molar-refractivity contribution in [2.75, 3.05) is 6.54 Å². The first kappa shape index (κ1) is 16.5. The number of imidazole rings is 1. The zero-order valence-corrected chi connectivity index (χ0v) is 14.5. The fraction of sp³-hybridized carbons (Fsp3) is 0.222. The molecular formula is C18H13ClFN5O. The van der Waals surface area contributed by atoms with Gasteiger partial charge in [0, 0.05) is 30.4 Å². The van der Waals surface area contributed by atoms with Crippen molar-refractivity contribution in [2.24, 2.45) is 0 Å². The molecule has 0 spiro atoms. The first-order valence-corrected chi connectivity index (χ1v) is 8.41. The van der Waals surface area contributed by atoms with E-state index < -0.39 is 5.82 Å². The fourth-order valence-electron chi connectivity index (χ4n) is 3.40. The van der Waals surface area contributed by atoms with Crippen molar-refractivity contribution in [3.05, 3.63) is 57.9 Å². The van der Waals surface area contributed by atoms with Gasteiger partial charge in [-0.25, -0.2) is 9.37 Å². The molecule has 26 heavy (non-hydrogen) atoms. The number of aromatic nitrogens is 3. The topological polar surface area (TPSA) is 85.7 Å². The number of H-pyrrole nitrogens is 1. The Hall–Kier alpha value is -2.98. The Morgan fingerprint density at radius 2 is 2.27 bits per heavy atom. The minimum atomic E-state index is -0.548. The van der Waals surface area contributed by atoms with Gasteiger partial charge < -0.3 is 9.88 Å². The number of pyridine rings is 1. The van der Waals surface area contributed by atoms with E-state index in [9.17, 15) is 14.4 Å². The van der Waals surface area contributed by atoms with Gasteiger partial charge in [-0.15, -0.1) is 0 Å². The number of nitriles is 1. The smallest absolute Gasteiger partial charge is 0.290 e. The highest BCUT2D eigenvalue weighted by Crippen LogP contribution is 2.32. The Morgan fingerprint density at radius 1 is 1.46 bits per heavy atom. The minimum Gasteiger partial charge on any atom is -0.333 e. The number of fused-ring (bicyclic) bond motifs is 2. The van der Waals surface area contributed by atoms with E-state index in [1.165, 1.54) is 12.1 Å². The summed E-state index contributed by atoms with van der Waals surface area (Å²) in [6, 6.07) is 6.07. The Bertz CT molecular complexity index is 1050. The van der Waals surface area contributed by atoms with Crippen molar-refractivity contribution >= 4 is 28.5 Å². The SMILES string of the molecule is CC1c2c(C#N)ccnc2CCN1C(=O)c1nc2c(F)ccc(Cl)c2[nH]1. The summed E-state index contributed by atoms with van der Waals surface area (Å²) in [6.07, 6.45) is 2.14. The number of hydrogen-bond donors (Lipinski definition) is 1. The van der Waals surface area contributed by atoms with E-state index in [1.807, 2.05) is 6.92 Å². The second-order valence-electron chi connectivity index (χ2n) is 6.09. The summed E-state index contributed by atoms with van der Waals surface area (Å²) in [5, 5.41) is 9.65. The molecule has 0 bridgehead atoms. The third-order valence-corrected chi connectivity index (χ3v) is 4.99. The Balaban J connectivity index is 1.75. The van der Waals surface area contributed by atoms with Crippen molar-refractivity contribution in [3.63, 3.8) is 0 Å². The van der Waals surface area contributed by atoms with Crippen LogP contribution in [0, 0.1) is 17.1 Å². The summed E-state index contributed by atoms with van der Waals surface area (Å²) in [5.74, 6) is -0.903. The number of nitrogens with zero attached hydrogens (tertiary/aromatic N) is 4. The number of carbonyl (C=O) groups is 1. The molecule has 0 radical (unpaired) electrons. The van der Waals surface area contributed by atoms with Crippen molar-refractivity contribution in [2.45, 2.75) is 19.4 Å². The van der Waals surface area contributed by atoms with E-state index >= 15 is 0 Å². The first-order valence-electron chi connectivity index (χ1n) is 8.04. The molecule has 0 saturated carbocycles. The van der Waals surface area contributed by atoms with Crippen LogP contribution in [0.1, 0.15) is 40.4 Å². The zero-order chi connectivity index (χ0) is 18.4. The molecule has 1 aliphatic rings. The van der Waals surface area contributed by atoms with Crippen molar-refractivity contribution < 1.29 is 9.18 Å². The molecule has 1 amide bonds. The lowest BCUT2D eigenvalue weighted by Gasteiger charge is -2.34. The predicted molar refractivity (Wildman–Crippen MR) is 93.2 cm³/mol. The van der Waals surface area contributed by atoms with Crippen LogP contribution in [0.2, 0.25) is 5.02 Å². The van der Waals surface area contributed by atoms with E-state index in [0.29, 0.717) is 29.1 Å². The Kier molecular flexibility index (Phi) is 3.85. The summed E-state index contributed by atoms with van der Waals surface area (Å²) in [5.41, 5.74) is 2.39. The number of aromatic amines is 1. The molecule has 3 heterocycles. The molecule has 1 aromatic carbocycles. The molecule has 0 saturated heterocycles. The molecule has 2 aromatic heterocycles. The molecule has 6 nitrogen and oxygen atoms in total. The van der Waals surface area contributed by atoms with Crippen molar-refractivity contribution in [1.82, 2.24) is 19.9 Å². The number of hydrogen-bond acceptors (Lipinski definition) is 4. The van der Waals surface area contributed by atoms with E-state index in [1.54, 1.807) is 17.2 Å². The molecule has 8 heteroatoms. The Labute approximate surface area is 153 Å². The van der Waals surface area contributed by atoms with Gasteiger partial charge in [-0.05, 0) is 25.1 Å². The summed E-state index contributed by atoms with van der Waals surface area (Å²) in [7, 11) is 0. The molecule has 1 unspecified atom stereocenters. The Morgan fingerprint density at radius 3 is 3.00 bits per heavy atom. The van der Waals surface area contributed by atoms with E-state index in [0.717, 1.165) is 11.3 Å². The van der Waals surface area contributed by atoms with Crippen LogP contribution in [0.3, 0.4) is 0 Å². The van der Waals surface area contributed by atoms with Crippen LogP contribution in [0.5, 0.6) is 0 Å². The highest BCUT2D eigenvalue weighted by atomic mass is 35.5. The number of nitrogens with one attached hydrogen (secondary N) is 1. The zero-order valence-electron chi connectivity index (χ0n) is 13.8. The fourth-order valence-corrected chi connectivity index (χ4v) is 3.60. The highest BCUT2D eigenvalue weighted by Gasteiger charge is 2.32. The predicted octanol–water partition coefficient (Wildman–Crippen LogP) is 3.38. The standard InChI is InChI=1S/C18H13ClFN5O/c1-9-14-10(8-21)4-6-22-13(14)5-7-25(9)18(26)17-23-15-11(19)2-3-12(20)16(15)24-17/h2-4,6,9H,5,7H2,1H3,(H,23,24).